The van der Waals surface area contributed by atoms with E-state index in [0.29, 0.717) is 31.2 Å². The molecule has 3 rings (SSSR count). The van der Waals surface area contributed by atoms with E-state index in [4.69, 9.17) is 14.2 Å². The summed E-state index contributed by atoms with van der Waals surface area (Å²) in [6.45, 7) is 5.21. The first-order valence-corrected chi connectivity index (χ1v) is 10.2. The number of rotatable bonds is 7. The van der Waals surface area contributed by atoms with E-state index in [9.17, 15) is 9.90 Å². The summed E-state index contributed by atoms with van der Waals surface area (Å²) in [6.07, 6.45) is -0.182. The molecule has 1 N–H and O–H groups in total. The smallest absolute Gasteiger partial charge is 0.409 e. The van der Waals surface area contributed by atoms with E-state index in [1.54, 1.807) is 18.9 Å². The highest BCUT2D eigenvalue weighted by Crippen LogP contribution is 2.46. The third kappa shape index (κ3) is 4.54. The molecule has 1 aliphatic rings. The molecule has 1 aliphatic heterocycles. The van der Waals surface area contributed by atoms with Crippen molar-refractivity contribution in [2.45, 2.75) is 32.3 Å². The molecule has 0 radical (unpaired) electrons. The van der Waals surface area contributed by atoms with Gasteiger partial charge in [0, 0.05) is 30.8 Å². The lowest BCUT2D eigenvalue weighted by molar-refractivity contribution is 0.0470. The van der Waals surface area contributed by atoms with Crippen LogP contribution in [0.5, 0.6) is 11.5 Å². The fraction of sp³-hybridized carbons (Fsp3) is 0.458. The van der Waals surface area contributed by atoms with Gasteiger partial charge in [0.25, 0.3) is 0 Å². The standard InChI is InChI=1S/C24H31NO5/c1-17(26)24(2)16-25(23(27)29-4)15-20(24)19-10-11-21(28-3)22(14-19)30-13-12-18-8-6-5-7-9-18/h5-11,14,17,20,26H,12-13,15-16H2,1-4H3/t17-,20+,24+/m1/s1. The van der Waals surface area contributed by atoms with E-state index in [0.717, 1.165) is 12.0 Å². The molecule has 0 aliphatic carbocycles. The fourth-order valence-electron chi connectivity index (χ4n) is 4.14. The quantitative estimate of drug-likeness (QED) is 0.746. The Bertz CT molecular complexity index is 854. The molecule has 6 heteroatoms. The van der Waals surface area contributed by atoms with Crippen LogP contribution in [-0.4, -0.2) is 56.1 Å². The third-order valence-corrected chi connectivity index (χ3v) is 6.20. The zero-order chi connectivity index (χ0) is 21.7. The number of hydrogen-bond donors (Lipinski definition) is 1. The van der Waals surface area contributed by atoms with Gasteiger partial charge in [0.15, 0.2) is 11.5 Å². The Morgan fingerprint density at radius 2 is 1.93 bits per heavy atom. The van der Waals surface area contributed by atoms with Gasteiger partial charge < -0.3 is 24.2 Å². The highest BCUT2D eigenvalue weighted by atomic mass is 16.5. The average molecular weight is 414 g/mol. The van der Waals surface area contributed by atoms with Crippen LogP contribution in [0.3, 0.4) is 0 Å². The molecule has 0 saturated carbocycles. The van der Waals surface area contributed by atoms with Crippen LogP contribution >= 0.6 is 0 Å². The summed E-state index contributed by atoms with van der Waals surface area (Å²) >= 11 is 0. The summed E-state index contributed by atoms with van der Waals surface area (Å²) in [6, 6.07) is 16.0. The van der Waals surface area contributed by atoms with Gasteiger partial charge in [0.2, 0.25) is 0 Å². The van der Waals surface area contributed by atoms with Gasteiger partial charge in [-0.05, 0) is 30.2 Å². The number of hydrogen-bond acceptors (Lipinski definition) is 5. The van der Waals surface area contributed by atoms with Gasteiger partial charge in [-0.2, -0.15) is 0 Å². The molecule has 3 atom stereocenters. The molecule has 1 amide bonds. The summed E-state index contributed by atoms with van der Waals surface area (Å²) in [5, 5.41) is 10.5. The largest absolute Gasteiger partial charge is 0.493 e. The molecule has 0 aromatic heterocycles. The first kappa shape index (κ1) is 22.0. The Labute approximate surface area is 178 Å². The maximum absolute atomic E-state index is 12.1. The SMILES string of the molecule is COC(=O)N1C[C@@H](c2ccc(OC)c(OCCc3ccccc3)c2)[C@](C)([C@@H](C)O)C1. The minimum Gasteiger partial charge on any atom is -0.493 e. The van der Waals surface area contributed by atoms with Crippen molar-refractivity contribution in [1.82, 2.24) is 4.90 Å². The first-order valence-electron chi connectivity index (χ1n) is 10.2. The van der Waals surface area contributed by atoms with Crippen molar-refractivity contribution in [2.24, 2.45) is 5.41 Å². The van der Waals surface area contributed by atoms with Crippen molar-refractivity contribution < 1.29 is 24.1 Å². The van der Waals surface area contributed by atoms with Crippen molar-refractivity contribution >= 4 is 6.09 Å². The lowest BCUT2D eigenvalue weighted by Crippen LogP contribution is -2.38. The number of methoxy groups -OCH3 is 2. The van der Waals surface area contributed by atoms with Gasteiger partial charge in [-0.1, -0.05) is 43.3 Å². The Morgan fingerprint density at radius 1 is 1.20 bits per heavy atom. The van der Waals surface area contributed by atoms with Crippen LogP contribution in [0, 0.1) is 5.41 Å². The molecule has 0 spiro atoms. The lowest BCUT2D eigenvalue weighted by Gasteiger charge is -2.33. The molecule has 0 bridgehead atoms. The molecular formula is C24H31NO5. The third-order valence-electron chi connectivity index (χ3n) is 6.20. The highest BCUT2D eigenvalue weighted by molar-refractivity contribution is 5.68. The number of aliphatic hydroxyl groups excluding tert-OH is 1. The number of likely N-dealkylation sites (tertiary alicyclic amines) is 1. The maximum Gasteiger partial charge on any atom is 0.409 e. The maximum atomic E-state index is 12.1. The number of amides is 1. The van der Waals surface area contributed by atoms with E-state index in [1.807, 2.05) is 43.3 Å². The molecule has 1 heterocycles. The molecule has 162 valence electrons. The second-order valence-electron chi connectivity index (χ2n) is 8.08. The Kier molecular flexibility index (Phi) is 6.87. The van der Waals surface area contributed by atoms with Crippen molar-refractivity contribution in [3.05, 3.63) is 59.7 Å². The number of carbonyl (C=O) groups excluding carboxylic acids is 1. The minimum absolute atomic E-state index is 0.0565. The van der Waals surface area contributed by atoms with Gasteiger partial charge in [-0.25, -0.2) is 4.79 Å². The number of nitrogens with zero attached hydrogens (tertiary/aromatic N) is 1. The van der Waals surface area contributed by atoms with Gasteiger partial charge >= 0.3 is 6.09 Å². The molecule has 6 nitrogen and oxygen atoms in total. The molecule has 1 saturated heterocycles. The van der Waals surface area contributed by atoms with Gasteiger partial charge in [0.1, 0.15) is 0 Å². The predicted molar refractivity (Wildman–Crippen MR) is 115 cm³/mol. The first-order chi connectivity index (χ1) is 14.4. The van der Waals surface area contributed by atoms with Crippen molar-refractivity contribution in [1.29, 1.82) is 0 Å². The fourth-order valence-corrected chi connectivity index (χ4v) is 4.14. The van der Waals surface area contributed by atoms with Crippen LogP contribution in [0.15, 0.2) is 48.5 Å². The molecule has 1 fully saturated rings. The van der Waals surface area contributed by atoms with Crippen molar-refractivity contribution in [2.75, 3.05) is 33.9 Å². The Morgan fingerprint density at radius 3 is 2.57 bits per heavy atom. The summed E-state index contributed by atoms with van der Waals surface area (Å²) < 4.78 is 16.5. The van der Waals surface area contributed by atoms with E-state index in [1.165, 1.54) is 12.7 Å². The molecular weight excluding hydrogens is 382 g/mol. The Hall–Kier alpha value is -2.73. The number of carbonyl (C=O) groups is 1. The second kappa shape index (κ2) is 9.39. The van der Waals surface area contributed by atoms with Gasteiger partial charge in [0.05, 0.1) is 26.9 Å². The average Bonchev–Trinajstić information content (AvgIpc) is 3.13. The van der Waals surface area contributed by atoms with Crippen LogP contribution in [0.25, 0.3) is 0 Å². The normalized spacial score (nSPS) is 21.9. The van der Waals surface area contributed by atoms with Crippen LogP contribution in [0.2, 0.25) is 0 Å². The molecule has 30 heavy (non-hydrogen) atoms. The Balaban J connectivity index is 1.82. The predicted octanol–water partition coefficient (Wildman–Crippen LogP) is 3.87. The summed E-state index contributed by atoms with van der Waals surface area (Å²) in [5.74, 6) is 1.27. The lowest BCUT2D eigenvalue weighted by atomic mass is 9.72. The summed E-state index contributed by atoms with van der Waals surface area (Å²) in [5.41, 5.74) is 1.71. The van der Waals surface area contributed by atoms with E-state index in [2.05, 4.69) is 12.1 Å². The van der Waals surface area contributed by atoms with Crippen LogP contribution in [0.4, 0.5) is 4.79 Å². The van der Waals surface area contributed by atoms with Gasteiger partial charge in [-0.3, -0.25) is 0 Å². The zero-order valence-corrected chi connectivity index (χ0v) is 18.1. The molecule has 2 aromatic carbocycles. The number of ether oxygens (including phenoxy) is 3. The second-order valence-corrected chi connectivity index (χ2v) is 8.08. The minimum atomic E-state index is -0.596. The topological polar surface area (TPSA) is 68.2 Å². The van der Waals surface area contributed by atoms with E-state index >= 15 is 0 Å². The van der Waals surface area contributed by atoms with Crippen LogP contribution in [-0.2, 0) is 11.2 Å². The van der Waals surface area contributed by atoms with Crippen LogP contribution < -0.4 is 9.47 Å². The molecule has 2 aromatic rings. The summed E-state index contributed by atoms with van der Waals surface area (Å²) in [4.78, 5) is 13.8. The van der Waals surface area contributed by atoms with Crippen LogP contribution in [0.1, 0.15) is 30.9 Å². The molecule has 0 unspecified atom stereocenters. The highest BCUT2D eigenvalue weighted by Gasteiger charge is 2.48. The zero-order valence-electron chi connectivity index (χ0n) is 18.1. The van der Waals surface area contributed by atoms with Gasteiger partial charge in [-0.15, -0.1) is 0 Å². The van der Waals surface area contributed by atoms with Crippen molar-refractivity contribution in [3.63, 3.8) is 0 Å². The number of benzene rings is 2. The van der Waals surface area contributed by atoms with E-state index < -0.39 is 11.5 Å². The summed E-state index contributed by atoms with van der Waals surface area (Å²) in [7, 11) is 3.00. The van der Waals surface area contributed by atoms with Crippen molar-refractivity contribution in [3.8, 4) is 11.5 Å². The number of aliphatic hydroxyl groups is 1. The monoisotopic (exact) mass is 413 g/mol. The van der Waals surface area contributed by atoms with E-state index in [-0.39, 0.29) is 12.0 Å².